The van der Waals surface area contributed by atoms with Crippen LogP contribution in [-0.4, -0.2) is 28.5 Å². The second kappa shape index (κ2) is 5.57. The number of rotatable bonds is 4. The van der Waals surface area contributed by atoms with Crippen LogP contribution in [-0.2, 0) is 11.3 Å². The van der Waals surface area contributed by atoms with Gasteiger partial charge in [0.25, 0.3) is 0 Å². The Labute approximate surface area is 112 Å². The average molecular weight is 255 g/mol. The van der Waals surface area contributed by atoms with Crippen molar-refractivity contribution in [3.63, 3.8) is 0 Å². The van der Waals surface area contributed by atoms with Crippen LogP contribution < -0.4 is 0 Å². The molecule has 2 rings (SSSR count). The second-order valence-electron chi connectivity index (χ2n) is 4.37. The molecule has 0 saturated heterocycles. The number of carbonyl (C=O) groups excluding carboxylic acids is 1. The lowest BCUT2D eigenvalue weighted by molar-refractivity contribution is -0.131. The molecule has 0 aliphatic carbocycles. The van der Waals surface area contributed by atoms with Crippen molar-refractivity contribution in [2.75, 3.05) is 13.1 Å². The topological polar surface area (TPSA) is 49.0 Å². The zero-order valence-electron chi connectivity index (χ0n) is 11.3. The Morgan fingerprint density at radius 1 is 1.32 bits per heavy atom. The quantitative estimate of drug-likeness (QED) is 0.842. The molecule has 4 nitrogen and oxygen atoms in total. The van der Waals surface area contributed by atoms with E-state index in [0.29, 0.717) is 18.7 Å². The molecule has 0 radical (unpaired) electrons. The van der Waals surface area contributed by atoms with Gasteiger partial charge in [0.2, 0.25) is 5.91 Å². The first kappa shape index (κ1) is 13.2. The van der Waals surface area contributed by atoms with Gasteiger partial charge in [-0.3, -0.25) is 4.79 Å². The maximum atomic E-state index is 12.1. The first-order chi connectivity index (χ1) is 9.21. The summed E-state index contributed by atoms with van der Waals surface area (Å²) in [7, 11) is 0. The molecule has 98 valence electrons. The largest absolute Gasteiger partial charge is 0.342 e. The lowest BCUT2D eigenvalue weighted by Gasteiger charge is -2.19. The molecule has 0 fully saturated rings. The molecule has 0 unspecified atom stereocenters. The molecule has 2 aromatic rings. The van der Waals surface area contributed by atoms with Crippen molar-refractivity contribution in [3.8, 4) is 6.07 Å². The fourth-order valence-electron chi connectivity index (χ4n) is 2.29. The Kier molecular flexibility index (Phi) is 3.86. The zero-order valence-corrected chi connectivity index (χ0v) is 11.3. The summed E-state index contributed by atoms with van der Waals surface area (Å²) in [6.45, 7) is 5.63. The summed E-state index contributed by atoms with van der Waals surface area (Å²) < 4.78 is 1.86. The molecule has 1 aromatic carbocycles. The number of benzene rings is 1. The van der Waals surface area contributed by atoms with Crippen molar-refractivity contribution in [2.24, 2.45) is 0 Å². The van der Waals surface area contributed by atoms with E-state index in [9.17, 15) is 4.79 Å². The second-order valence-corrected chi connectivity index (χ2v) is 4.37. The van der Waals surface area contributed by atoms with E-state index in [4.69, 9.17) is 5.26 Å². The molecular formula is C15H17N3O. The predicted octanol–water partition coefficient (Wildman–Crippen LogP) is 2.38. The maximum Gasteiger partial charge on any atom is 0.242 e. The number of para-hydroxylation sites is 1. The fourth-order valence-corrected chi connectivity index (χ4v) is 2.29. The van der Waals surface area contributed by atoms with Crippen molar-refractivity contribution in [1.82, 2.24) is 9.47 Å². The van der Waals surface area contributed by atoms with Crippen LogP contribution in [0.4, 0.5) is 0 Å². The fraction of sp³-hybridized carbons (Fsp3) is 0.333. The molecule has 1 heterocycles. The predicted molar refractivity (Wildman–Crippen MR) is 74.6 cm³/mol. The summed E-state index contributed by atoms with van der Waals surface area (Å²) >= 11 is 0. The van der Waals surface area contributed by atoms with E-state index in [2.05, 4.69) is 6.07 Å². The minimum Gasteiger partial charge on any atom is -0.342 e. The first-order valence-electron chi connectivity index (χ1n) is 6.47. The third-order valence-electron chi connectivity index (χ3n) is 3.33. The van der Waals surface area contributed by atoms with Crippen molar-refractivity contribution in [3.05, 3.63) is 36.0 Å². The Morgan fingerprint density at radius 2 is 2.00 bits per heavy atom. The van der Waals surface area contributed by atoms with Crippen molar-refractivity contribution < 1.29 is 4.79 Å². The van der Waals surface area contributed by atoms with Crippen molar-refractivity contribution >= 4 is 16.8 Å². The van der Waals surface area contributed by atoms with E-state index in [0.717, 1.165) is 10.9 Å². The third-order valence-corrected chi connectivity index (χ3v) is 3.33. The number of hydrogen-bond donors (Lipinski definition) is 0. The van der Waals surface area contributed by atoms with Gasteiger partial charge in [0.15, 0.2) is 0 Å². The summed E-state index contributed by atoms with van der Waals surface area (Å²) in [4.78, 5) is 13.9. The standard InChI is InChI=1S/C15H17N3O/c1-3-17(4-2)15(19)11-18-10-12(9-16)13-7-5-6-8-14(13)18/h5-8,10H,3-4,11H2,1-2H3. The number of nitrogens with zero attached hydrogens (tertiary/aromatic N) is 3. The molecule has 0 saturated carbocycles. The molecule has 4 heteroatoms. The van der Waals surface area contributed by atoms with Crippen LogP contribution in [0.25, 0.3) is 10.9 Å². The van der Waals surface area contributed by atoms with Gasteiger partial charge in [0.05, 0.1) is 5.56 Å². The summed E-state index contributed by atoms with van der Waals surface area (Å²) in [5.41, 5.74) is 1.54. The van der Waals surface area contributed by atoms with Crippen LogP contribution in [0.5, 0.6) is 0 Å². The Balaban J connectivity index is 2.36. The minimum atomic E-state index is 0.0789. The number of carbonyl (C=O) groups is 1. The van der Waals surface area contributed by atoms with E-state index in [1.807, 2.05) is 42.7 Å². The highest BCUT2D eigenvalue weighted by Crippen LogP contribution is 2.20. The highest BCUT2D eigenvalue weighted by molar-refractivity contribution is 5.88. The van der Waals surface area contributed by atoms with Gasteiger partial charge in [-0.25, -0.2) is 0 Å². The average Bonchev–Trinajstić information content (AvgIpc) is 2.78. The van der Waals surface area contributed by atoms with Gasteiger partial charge >= 0.3 is 0 Å². The van der Waals surface area contributed by atoms with Gasteiger partial charge in [-0.15, -0.1) is 0 Å². The van der Waals surface area contributed by atoms with Gasteiger partial charge < -0.3 is 9.47 Å². The Hall–Kier alpha value is -2.28. The van der Waals surface area contributed by atoms with Crippen LogP contribution in [0, 0.1) is 11.3 Å². The van der Waals surface area contributed by atoms with Crippen molar-refractivity contribution in [1.29, 1.82) is 5.26 Å². The number of likely N-dealkylation sites (N-methyl/N-ethyl adjacent to an activating group) is 1. The number of aromatic nitrogens is 1. The molecule has 0 N–H and O–H groups in total. The molecule has 19 heavy (non-hydrogen) atoms. The lowest BCUT2D eigenvalue weighted by atomic mass is 10.2. The number of amides is 1. The SMILES string of the molecule is CCN(CC)C(=O)Cn1cc(C#N)c2ccccc21. The van der Waals surface area contributed by atoms with E-state index >= 15 is 0 Å². The van der Waals surface area contributed by atoms with Gasteiger partial charge in [0.1, 0.15) is 12.6 Å². The molecule has 0 aliphatic heterocycles. The maximum absolute atomic E-state index is 12.1. The Bertz CT molecular complexity index is 632. The van der Waals surface area contributed by atoms with E-state index in [-0.39, 0.29) is 12.5 Å². The van der Waals surface area contributed by atoms with Crippen LogP contribution in [0.1, 0.15) is 19.4 Å². The first-order valence-corrected chi connectivity index (χ1v) is 6.47. The Morgan fingerprint density at radius 3 is 2.63 bits per heavy atom. The van der Waals surface area contributed by atoms with E-state index < -0.39 is 0 Å². The van der Waals surface area contributed by atoms with Crippen LogP contribution in [0.15, 0.2) is 30.5 Å². The lowest BCUT2D eigenvalue weighted by Crippen LogP contribution is -2.33. The summed E-state index contributed by atoms with van der Waals surface area (Å²) in [6.07, 6.45) is 1.76. The van der Waals surface area contributed by atoms with E-state index in [1.54, 1.807) is 11.1 Å². The molecule has 0 bridgehead atoms. The summed E-state index contributed by atoms with van der Waals surface area (Å²) in [5.74, 6) is 0.0789. The van der Waals surface area contributed by atoms with E-state index in [1.165, 1.54) is 0 Å². The summed E-state index contributed by atoms with van der Waals surface area (Å²) in [5, 5.41) is 10.0. The highest BCUT2D eigenvalue weighted by atomic mass is 16.2. The molecule has 0 aliphatic rings. The van der Waals surface area contributed by atoms with Gasteiger partial charge in [-0.1, -0.05) is 18.2 Å². The number of nitriles is 1. The van der Waals surface area contributed by atoms with Gasteiger partial charge in [-0.05, 0) is 19.9 Å². The smallest absolute Gasteiger partial charge is 0.242 e. The highest BCUT2D eigenvalue weighted by Gasteiger charge is 2.13. The molecule has 1 amide bonds. The minimum absolute atomic E-state index is 0.0789. The monoisotopic (exact) mass is 255 g/mol. The molecule has 0 spiro atoms. The molecule has 0 atom stereocenters. The van der Waals surface area contributed by atoms with Crippen molar-refractivity contribution in [2.45, 2.75) is 20.4 Å². The third kappa shape index (κ3) is 2.45. The molecule has 1 aromatic heterocycles. The van der Waals surface area contributed by atoms with Crippen LogP contribution in [0.3, 0.4) is 0 Å². The zero-order chi connectivity index (χ0) is 13.8. The van der Waals surface area contributed by atoms with Gasteiger partial charge in [-0.2, -0.15) is 5.26 Å². The van der Waals surface area contributed by atoms with Gasteiger partial charge in [0, 0.05) is 30.2 Å². The number of hydrogen-bond acceptors (Lipinski definition) is 2. The van der Waals surface area contributed by atoms with Crippen LogP contribution in [0.2, 0.25) is 0 Å². The van der Waals surface area contributed by atoms with Crippen LogP contribution >= 0.6 is 0 Å². The molecular weight excluding hydrogens is 238 g/mol. The number of fused-ring (bicyclic) bond motifs is 1. The summed E-state index contributed by atoms with van der Waals surface area (Å²) in [6, 6.07) is 9.84. The normalized spacial score (nSPS) is 10.4.